The van der Waals surface area contributed by atoms with Gasteiger partial charge in [0.1, 0.15) is 6.54 Å². The van der Waals surface area contributed by atoms with E-state index in [0.29, 0.717) is 16.1 Å². The molecule has 7 nitrogen and oxygen atoms in total. The molecule has 1 aromatic heterocycles. The summed E-state index contributed by atoms with van der Waals surface area (Å²) in [5.41, 5.74) is 4.27. The third kappa shape index (κ3) is 4.09. The Hall–Kier alpha value is -3.06. The van der Waals surface area contributed by atoms with Crippen LogP contribution >= 0.6 is 11.6 Å². The summed E-state index contributed by atoms with van der Waals surface area (Å²) in [5.74, 6) is -1.12. The quantitative estimate of drug-likeness (QED) is 0.686. The SMILES string of the molecule is CC(=O)Nc1c(C)ccc(CNC(=O)Cn2c(=O)oc3ccc(Cl)cc32)c1C. The van der Waals surface area contributed by atoms with E-state index in [4.69, 9.17) is 16.0 Å². The fraction of sp³-hybridized carbons (Fsp3) is 0.250. The molecule has 0 bridgehead atoms. The Bertz CT molecular complexity index is 1130. The van der Waals surface area contributed by atoms with Gasteiger partial charge >= 0.3 is 5.76 Å². The normalized spacial score (nSPS) is 10.9. The van der Waals surface area contributed by atoms with Crippen molar-refractivity contribution in [2.24, 2.45) is 0 Å². The lowest BCUT2D eigenvalue weighted by Crippen LogP contribution is -2.30. The van der Waals surface area contributed by atoms with Crippen molar-refractivity contribution in [1.82, 2.24) is 9.88 Å². The second-order valence-corrected chi connectivity index (χ2v) is 7.00. The number of nitrogens with zero attached hydrogens (tertiary/aromatic N) is 1. The van der Waals surface area contributed by atoms with Gasteiger partial charge in [-0.15, -0.1) is 0 Å². The second kappa shape index (κ2) is 7.90. The summed E-state index contributed by atoms with van der Waals surface area (Å²) in [4.78, 5) is 35.8. The largest absolute Gasteiger partial charge is 0.420 e. The van der Waals surface area contributed by atoms with Gasteiger partial charge in [-0.05, 0) is 48.7 Å². The van der Waals surface area contributed by atoms with E-state index in [-0.39, 0.29) is 24.9 Å². The van der Waals surface area contributed by atoms with Crippen molar-refractivity contribution >= 4 is 40.2 Å². The van der Waals surface area contributed by atoms with Gasteiger partial charge in [0.15, 0.2) is 5.58 Å². The average molecular weight is 402 g/mol. The first kappa shape index (κ1) is 19.7. The molecule has 0 aliphatic heterocycles. The standard InChI is InChI=1S/C20H20ClN3O4/c1-11-4-5-14(12(2)19(11)23-13(3)25)9-22-18(26)10-24-16-8-15(21)6-7-17(16)28-20(24)27/h4-8H,9-10H2,1-3H3,(H,22,26)(H,23,25). The summed E-state index contributed by atoms with van der Waals surface area (Å²) in [7, 11) is 0. The maximum absolute atomic E-state index is 12.4. The lowest BCUT2D eigenvalue weighted by atomic mass is 10.0. The van der Waals surface area contributed by atoms with Gasteiger partial charge in [-0.2, -0.15) is 0 Å². The number of fused-ring (bicyclic) bond motifs is 1. The molecule has 0 radical (unpaired) electrons. The zero-order chi connectivity index (χ0) is 20.4. The molecule has 3 rings (SSSR count). The van der Waals surface area contributed by atoms with Crippen LogP contribution in [0.1, 0.15) is 23.6 Å². The number of benzene rings is 2. The second-order valence-electron chi connectivity index (χ2n) is 6.57. The molecule has 0 fully saturated rings. The highest BCUT2D eigenvalue weighted by Gasteiger charge is 2.14. The topological polar surface area (TPSA) is 93.3 Å². The number of rotatable bonds is 5. The van der Waals surface area contributed by atoms with Crippen LogP contribution in [0.5, 0.6) is 0 Å². The van der Waals surface area contributed by atoms with Crippen molar-refractivity contribution in [2.45, 2.75) is 33.9 Å². The first-order valence-electron chi connectivity index (χ1n) is 8.68. The van der Waals surface area contributed by atoms with Crippen LogP contribution in [-0.2, 0) is 22.7 Å². The molecule has 0 saturated carbocycles. The Balaban J connectivity index is 1.75. The van der Waals surface area contributed by atoms with Gasteiger partial charge < -0.3 is 15.1 Å². The molecule has 146 valence electrons. The minimum atomic E-state index is -0.619. The summed E-state index contributed by atoms with van der Waals surface area (Å²) in [6.45, 7) is 5.32. The predicted molar refractivity (Wildman–Crippen MR) is 108 cm³/mol. The molecule has 0 saturated heterocycles. The Kier molecular flexibility index (Phi) is 5.56. The number of halogens is 1. The molecule has 2 N–H and O–H groups in total. The van der Waals surface area contributed by atoms with Crippen LogP contribution in [0.2, 0.25) is 5.02 Å². The lowest BCUT2D eigenvalue weighted by Gasteiger charge is -2.15. The molecule has 8 heteroatoms. The molecule has 1 heterocycles. The predicted octanol–water partition coefficient (Wildman–Crippen LogP) is 3.14. The van der Waals surface area contributed by atoms with Crippen molar-refractivity contribution in [1.29, 1.82) is 0 Å². The molecule has 3 aromatic rings. The summed E-state index contributed by atoms with van der Waals surface area (Å²) in [6, 6.07) is 8.57. The summed E-state index contributed by atoms with van der Waals surface area (Å²) in [6.07, 6.45) is 0. The third-order valence-electron chi connectivity index (χ3n) is 4.49. The van der Waals surface area contributed by atoms with Crippen LogP contribution in [0.3, 0.4) is 0 Å². The van der Waals surface area contributed by atoms with Crippen LogP contribution in [0.25, 0.3) is 11.1 Å². The van der Waals surface area contributed by atoms with E-state index in [0.717, 1.165) is 22.4 Å². The van der Waals surface area contributed by atoms with Gasteiger partial charge in [0.05, 0.1) is 5.52 Å². The first-order chi connectivity index (χ1) is 13.3. The van der Waals surface area contributed by atoms with E-state index < -0.39 is 5.76 Å². The summed E-state index contributed by atoms with van der Waals surface area (Å²) < 4.78 is 6.37. The Morgan fingerprint density at radius 1 is 1.18 bits per heavy atom. The number of amides is 2. The van der Waals surface area contributed by atoms with E-state index in [9.17, 15) is 14.4 Å². The number of aryl methyl sites for hydroxylation is 1. The van der Waals surface area contributed by atoms with E-state index in [2.05, 4.69) is 10.6 Å². The monoisotopic (exact) mass is 401 g/mol. The van der Waals surface area contributed by atoms with Gasteiger partial charge in [0.2, 0.25) is 11.8 Å². The Morgan fingerprint density at radius 3 is 2.64 bits per heavy atom. The number of oxazole rings is 1. The zero-order valence-corrected chi connectivity index (χ0v) is 16.5. The zero-order valence-electron chi connectivity index (χ0n) is 15.8. The number of carbonyl (C=O) groups excluding carboxylic acids is 2. The highest BCUT2D eigenvalue weighted by Crippen LogP contribution is 2.24. The number of aromatic nitrogens is 1. The number of nitrogens with one attached hydrogen (secondary N) is 2. The van der Waals surface area contributed by atoms with Gasteiger partial charge in [-0.3, -0.25) is 14.2 Å². The minimum absolute atomic E-state index is 0.155. The minimum Gasteiger partial charge on any atom is -0.408 e. The average Bonchev–Trinajstić information content (AvgIpc) is 2.93. The van der Waals surface area contributed by atoms with Crippen LogP contribution in [0.4, 0.5) is 5.69 Å². The van der Waals surface area contributed by atoms with E-state index in [1.165, 1.54) is 11.5 Å². The molecule has 28 heavy (non-hydrogen) atoms. The van der Waals surface area contributed by atoms with Gasteiger partial charge in [-0.25, -0.2) is 4.79 Å². The number of anilines is 1. The number of carbonyl (C=O) groups is 2. The van der Waals surface area contributed by atoms with E-state index in [1.807, 2.05) is 26.0 Å². The van der Waals surface area contributed by atoms with Crippen molar-refractivity contribution < 1.29 is 14.0 Å². The lowest BCUT2D eigenvalue weighted by molar-refractivity contribution is -0.121. The maximum atomic E-state index is 12.4. The van der Waals surface area contributed by atoms with Gasteiger partial charge in [0, 0.05) is 24.2 Å². The van der Waals surface area contributed by atoms with Crippen LogP contribution in [-0.4, -0.2) is 16.4 Å². The van der Waals surface area contributed by atoms with Crippen molar-refractivity contribution in [2.75, 3.05) is 5.32 Å². The molecular formula is C20H20ClN3O4. The molecule has 0 spiro atoms. The molecule has 0 unspecified atom stereocenters. The molecular weight excluding hydrogens is 382 g/mol. The fourth-order valence-corrected chi connectivity index (χ4v) is 3.19. The smallest absolute Gasteiger partial charge is 0.408 e. The van der Waals surface area contributed by atoms with E-state index >= 15 is 0 Å². The maximum Gasteiger partial charge on any atom is 0.420 e. The highest BCUT2D eigenvalue weighted by atomic mass is 35.5. The van der Waals surface area contributed by atoms with Crippen molar-refractivity contribution in [3.63, 3.8) is 0 Å². The molecule has 0 atom stereocenters. The highest BCUT2D eigenvalue weighted by molar-refractivity contribution is 6.31. The fourth-order valence-electron chi connectivity index (χ4n) is 3.03. The van der Waals surface area contributed by atoms with Crippen LogP contribution < -0.4 is 16.4 Å². The molecule has 2 aromatic carbocycles. The van der Waals surface area contributed by atoms with Crippen molar-refractivity contribution in [3.05, 3.63) is 62.6 Å². The molecule has 0 aliphatic carbocycles. The van der Waals surface area contributed by atoms with E-state index in [1.54, 1.807) is 18.2 Å². The number of hydrogen-bond donors (Lipinski definition) is 2. The Labute approximate surface area is 166 Å². The van der Waals surface area contributed by atoms with Gasteiger partial charge in [0.25, 0.3) is 0 Å². The van der Waals surface area contributed by atoms with Gasteiger partial charge in [-0.1, -0.05) is 23.7 Å². The van der Waals surface area contributed by atoms with Crippen molar-refractivity contribution in [3.8, 4) is 0 Å². The summed E-state index contributed by atoms with van der Waals surface area (Å²) >= 11 is 5.97. The third-order valence-corrected chi connectivity index (χ3v) is 4.73. The van der Waals surface area contributed by atoms with Crippen LogP contribution in [0, 0.1) is 13.8 Å². The molecule has 0 aliphatic rings. The first-order valence-corrected chi connectivity index (χ1v) is 9.06. The summed E-state index contributed by atoms with van der Waals surface area (Å²) in [5, 5.41) is 6.06. The number of hydrogen-bond acceptors (Lipinski definition) is 4. The Morgan fingerprint density at radius 2 is 1.93 bits per heavy atom. The molecule has 2 amide bonds. The van der Waals surface area contributed by atoms with Crippen LogP contribution in [0.15, 0.2) is 39.5 Å².